The van der Waals surface area contributed by atoms with Crippen molar-refractivity contribution in [3.8, 4) is 45.4 Å². The van der Waals surface area contributed by atoms with Crippen LogP contribution in [0.3, 0.4) is 0 Å². The molecule has 13 aromatic carbocycles. The van der Waals surface area contributed by atoms with Gasteiger partial charge in [-0.15, -0.1) is 0 Å². The van der Waals surface area contributed by atoms with Gasteiger partial charge in [-0.05, 0) is 114 Å². The molecule has 0 N–H and O–H groups in total. The fourth-order valence-electron chi connectivity index (χ4n) is 14.3. The maximum Gasteiger partial charge on any atom is 0.104 e. The van der Waals surface area contributed by atoms with Crippen LogP contribution >= 0.6 is 0 Å². The Labute approximate surface area is 438 Å². The minimum atomic E-state index is 0.566. The van der Waals surface area contributed by atoms with Crippen molar-refractivity contribution in [1.82, 2.24) is 23.7 Å². The molecule has 0 saturated carbocycles. The number of pyridine rings is 2. The summed E-state index contributed by atoms with van der Waals surface area (Å²) in [7, 11) is 0. The summed E-state index contributed by atoms with van der Waals surface area (Å²) < 4.78 is 7.42. The number of benzene rings is 13. The normalized spacial score (nSPS) is 12.4. The van der Waals surface area contributed by atoms with E-state index >= 15 is 0 Å². The van der Waals surface area contributed by atoms with Gasteiger partial charge in [-0.3, -0.25) is 9.97 Å². The average Bonchev–Trinajstić information content (AvgIpc) is 4.32. The van der Waals surface area contributed by atoms with Crippen LogP contribution in [0.15, 0.2) is 231 Å². The monoisotopic (exact) mass is 974 g/mol. The molecule has 352 valence electrons. The summed E-state index contributed by atoms with van der Waals surface area (Å²) in [4.78, 5) is 9.39. The van der Waals surface area contributed by atoms with Crippen molar-refractivity contribution in [3.05, 3.63) is 237 Å². The molecule has 0 spiro atoms. The van der Waals surface area contributed by atoms with Gasteiger partial charge in [-0.1, -0.05) is 158 Å². The topological polar surface area (TPSA) is 64.4 Å². The van der Waals surface area contributed by atoms with Gasteiger partial charge < -0.3 is 13.7 Å². The number of hydrogen-bond acceptors (Lipinski definition) is 3. The SMILES string of the molecule is N#Cc1c(-n2c3cccc4c5ccccc5c5cccc2c5c43)c(-c2ccccc2)c(-n2c3cccc4c5ccncc5c5cccc2c5c43)c(-c2ccccc2)c1-n1c2cccc3c4ccncc4c4cccc1c4c32. The first-order chi connectivity index (χ1) is 38.3. The van der Waals surface area contributed by atoms with Gasteiger partial charge in [0.2, 0.25) is 0 Å². The lowest BCUT2D eigenvalue weighted by Gasteiger charge is -2.28. The molecule has 6 heteroatoms. The van der Waals surface area contributed by atoms with Gasteiger partial charge in [-0.2, -0.15) is 5.26 Å². The van der Waals surface area contributed by atoms with E-state index in [2.05, 4.69) is 231 Å². The first-order valence-electron chi connectivity index (χ1n) is 26.2. The summed E-state index contributed by atoms with van der Waals surface area (Å²) >= 11 is 0. The van der Waals surface area contributed by atoms with Crippen molar-refractivity contribution in [3.63, 3.8) is 0 Å². The lowest BCUT2D eigenvalue weighted by atomic mass is 9.88. The van der Waals surface area contributed by atoms with Gasteiger partial charge in [0.05, 0.1) is 50.2 Å². The molecular weight excluding hydrogens is 937 g/mol. The summed E-state index contributed by atoms with van der Waals surface area (Å²) in [6.07, 6.45) is 7.83. The maximum absolute atomic E-state index is 12.8. The van der Waals surface area contributed by atoms with Crippen LogP contribution < -0.4 is 0 Å². The van der Waals surface area contributed by atoms with E-state index < -0.39 is 0 Å². The van der Waals surface area contributed by atoms with E-state index in [1.807, 2.05) is 24.8 Å². The molecule has 0 aliphatic rings. The second-order valence-electron chi connectivity index (χ2n) is 20.6. The van der Waals surface area contributed by atoms with Gasteiger partial charge in [0.1, 0.15) is 11.6 Å². The molecule has 0 aliphatic heterocycles. The molecule has 0 bridgehead atoms. The third-order valence-electron chi connectivity index (χ3n) is 17.1. The fourth-order valence-corrected chi connectivity index (χ4v) is 14.3. The molecule has 5 aromatic heterocycles. The van der Waals surface area contributed by atoms with Crippen molar-refractivity contribution in [1.29, 1.82) is 5.26 Å². The Bertz CT molecular complexity index is 5070. The Morgan fingerprint density at radius 2 is 0.558 bits per heavy atom. The molecule has 6 nitrogen and oxygen atoms in total. The number of rotatable bonds is 5. The van der Waals surface area contributed by atoms with Crippen LogP contribution in [0.5, 0.6) is 0 Å². The van der Waals surface area contributed by atoms with Crippen LogP contribution in [-0.2, 0) is 0 Å². The standard InChI is InChI=1S/C71H38N6/c72-37-52-69(75-55-27-9-21-46-42-19-7-8-20-43(42)47-22-10-28-56(75)64(47)63(46)55)61(40-15-3-1-4-16-40)71(77-59-31-12-24-49-45-34-36-74-39-54(45)51-26-14-32-60(77)68(51)66(49)59)62(41-17-5-2-6-18-41)70(52)76-57-29-11-23-48-44-33-35-73-38-53(44)50-25-13-30-58(76)67(50)65(48)57/h1-36,38-39H. The van der Waals surface area contributed by atoms with E-state index in [4.69, 9.17) is 4.98 Å². The molecule has 0 aliphatic carbocycles. The molecule has 0 radical (unpaired) electrons. The highest BCUT2D eigenvalue weighted by Crippen LogP contribution is 2.55. The number of nitrogens with zero attached hydrogens (tertiary/aromatic N) is 6. The van der Waals surface area contributed by atoms with E-state index in [1.54, 1.807) is 0 Å². The minimum absolute atomic E-state index is 0.566. The Morgan fingerprint density at radius 3 is 0.896 bits per heavy atom. The predicted molar refractivity (Wildman–Crippen MR) is 319 cm³/mol. The largest absolute Gasteiger partial charge is 0.308 e. The zero-order valence-corrected chi connectivity index (χ0v) is 41.1. The van der Waals surface area contributed by atoms with Gasteiger partial charge in [-0.25, -0.2) is 0 Å². The van der Waals surface area contributed by atoms with Crippen molar-refractivity contribution >= 4 is 130 Å². The van der Waals surface area contributed by atoms with Crippen LogP contribution in [0.4, 0.5) is 0 Å². The minimum Gasteiger partial charge on any atom is -0.308 e. The summed E-state index contributed by atoms with van der Waals surface area (Å²) in [5.74, 6) is 0. The number of nitriles is 1. The lowest BCUT2D eigenvalue weighted by Crippen LogP contribution is -2.13. The molecule has 0 atom stereocenters. The van der Waals surface area contributed by atoms with Crippen LogP contribution in [-0.4, -0.2) is 23.7 Å². The van der Waals surface area contributed by atoms with Crippen LogP contribution in [0.25, 0.3) is 169 Å². The van der Waals surface area contributed by atoms with Crippen molar-refractivity contribution in [2.24, 2.45) is 0 Å². The second kappa shape index (κ2) is 14.8. The Kier molecular flexibility index (Phi) is 7.84. The quantitative estimate of drug-likeness (QED) is 0.161. The smallest absolute Gasteiger partial charge is 0.104 e. The van der Waals surface area contributed by atoms with E-state index in [9.17, 15) is 5.26 Å². The van der Waals surface area contributed by atoms with E-state index in [-0.39, 0.29) is 0 Å². The predicted octanol–water partition coefficient (Wildman–Crippen LogP) is 18.2. The third-order valence-corrected chi connectivity index (χ3v) is 17.1. The second-order valence-corrected chi connectivity index (χ2v) is 20.6. The molecule has 0 saturated heterocycles. The lowest BCUT2D eigenvalue weighted by molar-refractivity contribution is 1.09. The first-order valence-corrected chi connectivity index (χ1v) is 26.2. The maximum atomic E-state index is 12.8. The number of hydrogen-bond donors (Lipinski definition) is 0. The van der Waals surface area contributed by atoms with Crippen LogP contribution in [0.2, 0.25) is 0 Å². The zero-order chi connectivity index (χ0) is 50.2. The number of fused-ring (bicyclic) bond motifs is 9. The summed E-state index contributed by atoms with van der Waals surface area (Å²) in [5.41, 5.74) is 13.3. The highest BCUT2D eigenvalue weighted by atomic mass is 15.1. The van der Waals surface area contributed by atoms with E-state index in [1.165, 1.54) is 48.5 Å². The fraction of sp³-hybridized carbons (Fsp3) is 0. The van der Waals surface area contributed by atoms with E-state index in [0.29, 0.717) is 5.56 Å². The molecule has 77 heavy (non-hydrogen) atoms. The Balaban J connectivity index is 1.17. The Morgan fingerprint density at radius 1 is 0.273 bits per heavy atom. The van der Waals surface area contributed by atoms with Crippen LogP contribution in [0.1, 0.15) is 5.56 Å². The average molecular weight is 975 g/mol. The highest BCUT2D eigenvalue weighted by Gasteiger charge is 2.35. The van der Waals surface area contributed by atoms with Crippen LogP contribution in [0, 0.1) is 11.3 Å². The molecule has 0 fully saturated rings. The summed E-state index contributed by atoms with van der Waals surface area (Å²) in [6, 6.07) is 78.1. The van der Waals surface area contributed by atoms with Gasteiger partial charge >= 0.3 is 0 Å². The van der Waals surface area contributed by atoms with Gasteiger partial charge in [0.25, 0.3) is 0 Å². The first kappa shape index (κ1) is 40.8. The van der Waals surface area contributed by atoms with E-state index in [0.717, 1.165) is 121 Å². The zero-order valence-electron chi connectivity index (χ0n) is 41.1. The van der Waals surface area contributed by atoms with Gasteiger partial charge in [0, 0.05) is 79.0 Å². The molecule has 0 unspecified atom stereocenters. The van der Waals surface area contributed by atoms with Crippen molar-refractivity contribution in [2.45, 2.75) is 0 Å². The summed E-state index contributed by atoms with van der Waals surface area (Å²) in [5, 5.41) is 33.8. The van der Waals surface area contributed by atoms with Crippen molar-refractivity contribution < 1.29 is 0 Å². The Hall–Kier alpha value is -10.6. The van der Waals surface area contributed by atoms with Gasteiger partial charge in [0.15, 0.2) is 0 Å². The highest BCUT2D eigenvalue weighted by molar-refractivity contribution is 6.37. The van der Waals surface area contributed by atoms with Crippen molar-refractivity contribution in [2.75, 3.05) is 0 Å². The summed E-state index contributed by atoms with van der Waals surface area (Å²) in [6.45, 7) is 0. The molecule has 5 heterocycles. The molecule has 0 amide bonds. The number of aromatic nitrogens is 5. The third kappa shape index (κ3) is 5.04. The molecular formula is C71H38N6. The molecule has 18 aromatic rings. The molecule has 18 rings (SSSR count).